The summed E-state index contributed by atoms with van der Waals surface area (Å²) in [5.74, 6) is 0. The molecule has 1 aliphatic rings. The third kappa shape index (κ3) is 2.86. The molecule has 0 radical (unpaired) electrons. The lowest BCUT2D eigenvalue weighted by molar-refractivity contribution is 0.455. The second-order valence-corrected chi connectivity index (χ2v) is 8.24. The average Bonchev–Trinajstić information content (AvgIpc) is 2.69. The van der Waals surface area contributed by atoms with Crippen LogP contribution in [0.5, 0.6) is 0 Å². The average molecular weight is 356 g/mol. The monoisotopic (exact) mass is 356 g/mol. The molecule has 0 aromatic heterocycles. The molecule has 12 heteroatoms. The van der Waals surface area contributed by atoms with E-state index in [1.54, 1.807) is 0 Å². The van der Waals surface area contributed by atoms with E-state index < -0.39 is 45.0 Å². The first-order valence-corrected chi connectivity index (χ1v) is 9.44. The topological polar surface area (TPSA) is 163 Å². The Morgan fingerprint density at radius 3 is 1.76 bits per heavy atom. The fourth-order valence-electron chi connectivity index (χ4n) is 2.03. The zero-order chi connectivity index (χ0) is 16.2. The van der Waals surface area contributed by atoms with Gasteiger partial charge in [-0.3, -0.25) is 13.7 Å². The van der Waals surface area contributed by atoms with Crippen molar-refractivity contribution < 1.29 is 38.9 Å². The summed E-state index contributed by atoms with van der Waals surface area (Å²) in [7, 11) is -15.7. The Balaban J connectivity index is 3.19. The van der Waals surface area contributed by atoms with Gasteiger partial charge in [0.15, 0.2) is 0 Å². The van der Waals surface area contributed by atoms with Gasteiger partial charge in [0.25, 0.3) is 30.4 Å². The molecule has 9 nitrogen and oxygen atoms in total. The molecule has 0 unspecified atom stereocenters. The molecule has 116 valence electrons. The van der Waals surface area contributed by atoms with Crippen molar-refractivity contribution in [1.29, 1.82) is 0 Å². The van der Waals surface area contributed by atoms with E-state index in [1.165, 1.54) is 6.08 Å². The van der Waals surface area contributed by atoms with E-state index in [1.807, 2.05) is 0 Å². The van der Waals surface area contributed by atoms with E-state index in [0.717, 1.165) is 12.1 Å². The summed E-state index contributed by atoms with van der Waals surface area (Å²) in [4.78, 5) is -4.19. The number of fused-ring (bicyclic) bond motifs is 1. The molecule has 1 aromatic rings. The molecule has 0 fully saturated rings. The maximum absolute atomic E-state index is 11.4. The Labute approximate surface area is 120 Å². The van der Waals surface area contributed by atoms with Crippen LogP contribution in [0.2, 0.25) is 0 Å². The SMILES string of the molecule is O=S(=O)(O)c1cc2c(c(S(=O)(=O)O)c1S(=O)(=O)O)C=CC2. The lowest BCUT2D eigenvalue weighted by atomic mass is 10.1. The quantitative estimate of drug-likeness (QED) is 0.632. The van der Waals surface area contributed by atoms with Crippen LogP contribution in [0.4, 0.5) is 0 Å². The maximum atomic E-state index is 11.4. The minimum atomic E-state index is -5.36. The largest absolute Gasteiger partial charge is 0.297 e. The van der Waals surface area contributed by atoms with Gasteiger partial charge in [-0.05, 0) is 18.1 Å². The molecule has 3 N–H and O–H groups in total. The fourth-order valence-corrected chi connectivity index (χ4v) is 5.46. The van der Waals surface area contributed by atoms with Crippen LogP contribution in [-0.2, 0) is 36.8 Å². The molecule has 0 amide bonds. The van der Waals surface area contributed by atoms with Gasteiger partial charge in [0.2, 0.25) is 0 Å². The van der Waals surface area contributed by atoms with Crippen molar-refractivity contribution in [2.24, 2.45) is 0 Å². The summed E-state index contributed by atoms with van der Waals surface area (Å²) in [6, 6.07) is 0.725. The molecule has 0 atom stereocenters. The lowest BCUT2D eigenvalue weighted by Gasteiger charge is -2.13. The van der Waals surface area contributed by atoms with E-state index in [-0.39, 0.29) is 17.5 Å². The molecule has 1 aromatic carbocycles. The van der Waals surface area contributed by atoms with Crippen molar-refractivity contribution in [1.82, 2.24) is 0 Å². The summed E-state index contributed by atoms with van der Waals surface area (Å²) in [5.41, 5.74) is -0.208. The van der Waals surface area contributed by atoms with Gasteiger partial charge in [-0.15, -0.1) is 0 Å². The van der Waals surface area contributed by atoms with E-state index in [9.17, 15) is 29.8 Å². The van der Waals surface area contributed by atoms with E-state index in [2.05, 4.69) is 0 Å². The normalized spacial score (nSPS) is 15.2. The number of benzene rings is 1. The molecular weight excluding hydrogens is 348 g/mol. The molecule has 0 saturated carbocycles. The van der Waals surface area contributed by atoms with Crippen molar-refractivity contribution in [2.75, 3.05) is 0 Å². The van der Waals surface area contributed by atoms with Crippen LogP contribution in [0.1, 0.15) is 11.1 Å². The van der Waals surface area contributed by atoms with Crippen LogP contribution in [0, 0.1) is 0 Å². The number of hydrogen-bond acceptors (Lipinski definition) is 6. The summed E-state index contributed by atoms with van der Waals surface area (Å²) in [5, 5.41) is 0. The van der Waals surface area contributed by atoms with Crippen molar-refractivity contribution in [3.05, 3.63) is 23.3 Å². The predicted octanol–water partition coefficient (Wildman–Crippen LogP) is -0.00400. The van der Waals surface area contributed by atoms with Gasteiger partial charge in [0.1, 0.15) is 14.7 Å². The summed E-state index contributed by atoms with van der Waals surface area (Å²) >= 11 is 0. The molecule has 0 saturated heterocycles. The molecule has 21 heavy (non-hydrogen) atoms. The van der Waals surface area contributed by atoms with Crippen LogP contribution < -0.4 is 0 Å². The molecule has 0 bridgehead atoms. The smallest absolute Gasteiger partial charge is 0.282 e. The first-order chi connectivity index (χ1) is 9.33. The van der Waals surface area contributed by atoms with Crippen molar-refractivity contribution in [3.63, 3.8) is 0 Å². The van der Waals surface area contributed by atoms with Crippen molar-refractivity contribution >= 4 is 36.4 Å². The Hall–Kier alpha value is -1.31. The second kappa shape index (κ2) is 4.59. The van der Waals surface area contributed by atoms with Crippen molar-refractivity contribution in [2.45, 2.75) is 21.1 Å². The lowest BCUT2D eigenvalue weighted by Crippen LogP contribution is -2.16. The third-order valence-corrected chi connectivity index (χ3v) is 5.76. The van der Waals surface area contributed by atoms with Gasteiger partial charge in [-0.25, -0.2) is 0 Å². The highest BCUT2D eigenvalue weighted by atomic mass is 32.2. The van der Waals surface area contributed by atoms with Gasteiger partial charge in [0.05, 0.1) is 0 Å². The highest BCUT2D eigenvalue weighted by molar-refractivity contribution is 7.90. The van der Waals surface area contributed by atoms with Crippen LogP contribution in [0.15, 0.2) is 26.8 Å². The molecule has 1 aliphatic carbocycles. The molecule has 0 heterocycles. The Morgan fingerprint density at radius 2 is 1.33 bits per heavy atom. The molecule has 0 spiro atoms. The van der Waals surface area contributed by atoms with Crippen molar-refractivity contribution in [3.8, 4) is 0 Å². The number of rotatable bonds is 3. The van der Waals surface area contributed by atoms with E-state index in [0.29, 0.717) is 0 Å². The zero-order valence-electron chi connectivity index (χ0n) is 9.96. The maximum Gasteiger partial charge on any atom is 0.297 e. The summed E-state index contributed by atoms with van der Waals surface area (Å²) in [6.07, 6.45) is 2.61. The van der Waals surface area contributed by atoms with Gasteiger partial charge in [-0.1, -0.05) is 12.2 Å². The highest BCUT2D eigenvalue weighted by Gasteiger charge is 2.36. The Morgan fingerprint density at radius 1 is 0.810 bits per heavy atom. The molecule has 2 rings (SSSR count). The van der Waals surface area contributed by atoms with Gasteiger partial charge >= 0.3 is 0 Å². The predicted molar refractivity (Wildman–Crippen MR) is 68.6 cm³/mol. The van der Waals surface area contributed by atoms with Crippen LogP contribution >= 0.6 is 0 Å². The van der Waals surface area contributed by atoms with E-state index in [4.69, 9.17) is 9.11 Å². The summed E-state index contributed by atoms with van der Waals surface area (Å²) < 4.78 is 95.4. The van der Waals surface area contributed by atoms with Crippen LogP contribution in [0.25, 0.3) is 6.08 Å². The highest BCUT2D eigenvalue weighted by Crippen LogP contribution is 2.37. The first-order valence-electron chi connectivity index (χ1n) is 5.12. The molecular formula is C9H8O9S3. The zero-order valence-corrected chi connectivity index (χ0v) is 12.4. The standard InChI is InChI=1S/C9H8O9S3/c10-19(11,12)7-4-5-2-1-3-6(5)8(20(13,14)15)9(7)21(16,17)18/h1,3-4H,2H2,(H,10,11,12)(H,13,14,15)(H,16,17,18). The summed E-state index contributed by atoms with van der Waals surface area (Å²) in [6.45, 7) is 0. The van der Waals surface area contributed by atoms with Gasteiger partial charge in [-0.2, -0.15) is 25.3 Å². The van der Waals surface area contributed by atoms with E-state index >= 15 is 0 Å². The minimum absolute atomic E-state index is 0.0580. The Bertz CT molecular complexity index is 966. The van der Waals surface area contributed by atoms with Gasteiger partial charge in [0, 0.05) is 5.56 Å². The first kappa shape index (κ1) is 16.1. The van der Waals surface area contributed by atoms with Crippen LogP contribution in [-0.4, -0.2) is 38.9 Å². The molecule has 0 aliphatic heterocycles. The number of allylic oxidation sites excluding steroid dienone is 1. The number of hydrogen-bond donors (Lipinski definition) is 3. The fraction of sp³-hybridized carbons (Fsp3) is 0.111. The Kier molecular flexibility index (Phi) is 3.51. The third-order valence-electron chi connectivity index (χ3n) is 2.74. The minimum Gasteiger partial charge on any atom is -0.282 e. The second-order valence-electron chi connectivity index (χ2n) is 4.14. The van der Waals surface area contributed by atoms with Crippen LogP contribution in [0.3, 0.4) is 0 Å². The van der Waals surface area contributed by atoms with Gasteiger partial charge < -0.3 is 0 Å².